The second kappa shape index (κ2) is 8.59. The van der Waals surface area contributed by atoms with Crippen LogP contribution in [0.2, 0.25) is 5.02 Å². The van der Waals surface area contributed by atoms with E-state index in [2.05, 4.69) is 22.0 Å². The molecule has 2 aromatic carbocycles. The van der Waals surface area contributed by atoms with Gasteiger partial charge in [-0.3, -0.25) is 9.47 Å². The standard InChI is InChI=1S/C29H28ClFN6O2/c1-17-33-27-25(35-7-5-29(16-35)6-8-37(17)29)12-19(15-32-27)22-14-20(31)13-21(26(22)38)18-3-4-24(23(30)11-18)36-10-9-34(2)28(36)39/h3-4,9-15,17,38H,5-8,16H2,1-2H3,(H,32,33). The number of hydrogen-bond donors (Lipinski definition) is 2. The molecule has 2 bridgehead atoms. The molecule has 7 rings (SSSR count). The van der Waals surface area contributed by atoms with E-state index in [4.69, 9.17) is 16.6 Å². The van der Waals surface area contributed by atoms with Crippen molar-refractivity contribution >= 4 is 23.1 Å². The second-order valence-electron chi connectivity index (χ2n) is 10.8. The molecule has 2 fully saturated rings. The third-order valence-corrected chi connectivity index (χ3v) is 8.93. The van der Waals surface area contributed by atoms with Crippen molar-refractivity contribution in [2.45, 2.75) is 31.5 Å². The highest BCUT2D eigenvalue weighted by Crippen LogP contribution is 2.47. The number of imidazole rings is 1. The molecule has 5 heterocycles. The molecule has 200 valence electrons. The van der Waals surface area contributed by atoms with Crippen molar-refractivity contribution in [2.75, 3.05) is 29.9 Å². The Labute approximate surface area is 229 Å². The van der Waals surface area contributed by atoms with Crippen molar-refractivity contribution in [3.63, 3.8) is 0 Å². The Morgan fingerprint density at radius 3 is 2.54 bits per heavy atom. The average molecular weight is 547 g/mol. The van der Waals surface area contributed by atoms with Crippen LogP contribution in [0, 0.1) is 5.82 Å². The summed E-state index contributed by atoms with van der Waals surface area (Å²) < 4.78 is 17.9. The maximum Gasteiger partial charge on any atom is 0.332 e. The van der Waals surface area contributed by atoms with Gasteiger partial charge >= 0.3 is 5.69 Å². The van der Waals surface area contributed by atoms with E-state index in [0.29, 0.717) is 33.0 Å². The zero-order valence-electron chi connectivity index (χ0n) is 21.7. The molecule has 2 atom stereocenters. The van der Waals surface area contributed by atoms with Gasteiger partial charge in [0.15, 0.2) is 5.82 Å². The first-order valence-corrected chi connectivity index (χ1v) is 13.5. The number of hydrogen-bond acceptors (Lipinski definition) is 6. The largest absolute Gasteiger partial charge is 0.507 e. The molecule has 8 nitrogen and oxygen atoms in total. The second-order valence-corrected chi connectivity index (χ2v) is 11.2. The first-order chi connectivity index (χ1) is 18.7. The Hall–Kier alpha value is -3.82. The number of halogens is 2. The maximum atomic E-state index is 15.0. The molecule has 3 aliphatic heterocycles. The van der Waals surface area contributed by atoms with Gasteiger partial charge in [-0.2, -0.15) is 0 Å². The summed E-state index contributed by atoms with van der Waals surface area (Å²) in [5.74, 6) is 0.248. The van der Waals surface area contributed by atoms with E-state index in [1.54, 1.807) is 43.8 Å². The molecule has 0 aliphatic carbocycles. The fourth-order valence-electron chi connectivity index (χ4n) is 6.45. The van der Waals surface area contributed by atoms with E-state index in [1.165, 1.54) is 27.7 Å². The van der Waals surface area contributed by atoms with Crippen molar-refractivity contribution in [1.82, 2.24) is 19.0 Å². The summed E-state index contributed by atoms with van der Waals surface area (Å²) in [6, 6.07) is 9.66. The molecular formula is C29H28ClFN6O2. The van der Waals surface area contributed by atoms with Gasteiger partial charge in [-0.15, -0.1) is 0 Å². The van der Waals surface area contributed by atoms with Crippen LogP contribution in [0.25, 0.3) is 27.9 Å². The Morgan fingerprint density at radius 2 is 1.85 bits per heavy atom. The van der Waals surface area contributed by atoms with E-state index in [9.17, 15) is 14.3 Å². The topological polar surface area (TPSA) is 78.6 Å². The van der Waals surface area contributed by atoms with E-state index >= 15 is 0 Å². The lowest BCUT2D eigenvalue weighted by atomic mass is 9.83. The minimum Gasteiger partial charge on any atom is -0.507 e. The quantitative estimate of drug-likeness (QED) is 0.383. The van der Waals surface area contributed by atoms with Crippen LogP contribution < -0.4 is 15.9 Å². The number of anilines is 2. The number of phenolic OH excluding ortho intramolecular Hbond substituents is 1. The zero-order valence-corrected chi connectivity index (χ0v) is 22.4. The molecular weight excluding hydrogens is 519 g/mol. The van der Waals surface area contributed by atoms with Crippen LogP contribution in [0.3, 0.4) is 0 Å². The Kier molecular flexibility index (Phi) is 5.34. The first-order valence-electron chi connectivity index (χ1n) is 13.1. The van der Waals surface area contributed by atoms with E-state index in [1.807, 2.05) is 6.07 Å². The minimum absolute atomic E-state index is 0.0610. The zero-order chi connectivity index (χ0) is 27.1. The lowest BCUT2D eigenvalue weighted by Gasteiger charge is -2.54. The number of aromatic hydroxyl groups is 1. The molecule has 10 heteroatoms. The Bertz CT molecular complexity index is 1700. The van der Waals surface area contributed by atoms with Crippen LogP contribution in [0.1, 0.15) is 19.8 Å². The molecule has 2 N–H and O–H groups in total. The maximum absolute atomic E-state index is 15.0. The van der Waals surface area contributed by atoms with Gasteiger partial charge in [-0.25, -0.2) is 14.2 Å². The molecule has 2 aromatic heterocycles. The molecule has 0 amide bonds. The van der Waals surface area contributed by atoms with Crippen LogP contribution in [0.4, 0.5) is 15.9 Å². The smallest absolute Gasteiger partial charge is 0.332 e. The number of aryl methyl sites for hydroxylation is 1. The highest BCUT2D eigenvalue weighted by Gasteiger charge is 2.52. The Balaban J connectivity index is 1.29. The van der Waals surface area contributed by atoms with Gasteiger partial charge in [-0.1, -0.05) is 17.7 Å². The van der Waals surface area contributed by atoms with Gasteiger partial charge in [0.2, 0.25) is 0 Å². The van der Waals surface area contributed by atoms with Crippen LogP contribution in [0.15, 0.2) is 59.8 Å². The summed E-state index contributed by atoms with van der Waals surface area (Å²) in [4.78, 5) is 22.0. The molecule has 39 heavy (non-hydrogen) atoms. The Morgan fingerprint density at radius 1 is 1.08 bits per heavy atom. The normalized spacial score (nSPS) is 21.9. The van der Waals surface area contributed by atoms with E-state index in [0.717, 1.165) is 37.6 Å². The highest BCUT2D eigenvalue weighted by atomic mass is 35.5. The van der Waals surface area contributed by atoms with Crippen molar-refractivity contribution in [3.05, 3.63) is 76.3 Å². The number of rotatable bonds is 3. The molecule has 3 aliphatic rings. The molecule has 0 radical (unpaired) electrons. The van der Waals surface area contributed by atoms with E-state index < -0.39 is 5.82 Å². The monoisotopic (exact) mass is 546 g/mol. The summed E-state index contributed by atoms with van der Waals surface area (Å²) >= 11 is 6.56. The summed E-state index contributed by atoms with van der Waals surface area (Å²) in [6.45, 7) is 5.12. The predicted octanol–water partition coefficient (Wildman–Crippen LogP) is 4.83. The first kappa shape index (κ1) is 24.2. The minimum atomic E-state index is -0.485. The van der Waals surface area contributed by atoms with Crippen molar-refractivity contribution in [1.29, 1.82) is 0 Å². The number of aromatic nitrogens is 3. The number of pyridine rings is 1. The van der Waals surface area contributed by atoms with Crippen LogP contribution in [-0.4, -0.2) is 55.5 Å². The van der Waals surface area contributed by atoms with E-state index in [-0.39, 0.29) is 23.1 Å². The molecule has 1 spiro atoms. The number of phenols is 1. The van der Waals surface area contributed by atoms with Crippen molar-refractivity contribution in [2.24, 2.45) is 7.05 Å². The summed E-state index contributed by atoms with van der Waals surface area (Å²) in [7, 11) is 1.66. The fourth-order valence-corrected chi connectivity index (χ4v) is 6.72. The lowest BCUT2D eigenvalue weighted by molar-refractivity contribution is -0.0216. The molecule has 2 saturated heterocycles. The van der Waals surface area contributed by atoms with Crippen molar-refractivity contribution in [3.8, 4) is 33.7 Å². The van der Waals surface area contributed by atoms with Crippen LogP contribution in [0.5, 0.6) is 5.75 Å². The van der Waals surface area contributed by atoms with Gasteiger partial charge < -0.3 is 19.9 Å². The molecule has 2 unspecified atom stereocenters. The van der Waals surface area contributed by atoms with Crippen LogP contribution in [-0.2, 0) is 7.05 Å². The molecule has 0 saturated carbocycles. The van der Waals surface area contributed by atoms with Gasteiger partial charge in [0.25, 0.3) is 0 Å². The SMILES string of the molecule is CC1Nc2ncc(-c3cc(F)cc(-c4ccc(-n5ccn(C)c5=O)c(Cl)c4)c3O)cc2N2CCC3(CCN13)C2. The summed E-state index contributed by atoms with van der Waals surface area (Å²) in [5, 5.41) is 15.2. The summed E-state index contributed by atoms with van der Waals surface area (Å²) in [6.07, 6.45) is 7.42. The van der Waals surface area contributed by atoms with Gasteiger partial charge in [0.1, 0.15) is 11.6 Å². The third kappa shape index (κ3) is 3.67. The number of fused-ring (bicyclic) bond motifs is 3. The highest BCUT2D eigenvalue weighted by molar-refractivity contribution is 6.32. The van der Waals surface area contributed by atoms with Crippen molar-refractivity contribution < 1.29 is 9.50 Å². The number of nitrogens with zero attached hydrogens (tertiary/aromatic N) is 5. The van der Waals surface area contributed by atoms with Gasteiger partial charge in [0, 0.05) is 67.5 Å². The predicted molar refractivity (Wildman–Crippen MR) is 150 cm³/mol. The number of nitrogens with one attached hydrogen (secondary N) is 1. The van der Waals surface area contributed by atoms with Gasteiger partial charge in [-0.05, 0) is 55.7 Å². The molecule has 4 aromatic rings. The fraction of sp³-hybridized carbons (Fsp3) is 0.310. The lowest BCUT2D eigenvalue weighted by Crippen LogP contribution is -2.66. The summed E-state index contributed by atoms with van der Waals surface area (Å²) in [5.41, 5.74) is 3.27. The van der Waals surface area contributed by atoms with Gasteiger partial charge in [0.05, 0.1) is 22.6 Å². The average Bonchev–Trinajstić information content (AvgIpc) is 3.50. The van der Waals surface area contributed by atoms with Crippen LogP contribution >= 0.6 is 11.6 Å². The third-order valence-electron chi connectivity index (χ3n) is 8.63. The number of benzene rings is 2.